The second-order valence-corrected chi connectivity index (χ2v) is 10.3. The summed E-state index contributed by atoms with van der Waals surface area (Å²) in [6, 6.07) is 13.1. The number of carbonyl (C=O) groups excluding carboxylic acids is 1. The van der Waals surface area contributed by atoms with Crippen LogP contribution in [-0.2, 0) is 25.6 Å². The Hall–Kier alpha value is -3.89. The third kappa shape index (κ3) is 6.71. The Morgan fingerprint density at radius 1 is 1.02 bits per heavy atom. The van der Waals surface area contributed by atoms with Gasteiger partial charge in [0.15, 0.2) is 0 Å². The van der Waals surface area contributed by atoms with E-state index in [0.717, 1.165) is 53.6 Å². The van der Waals surface area contributed by atoms with Crippen molar-refractivity contribution < 1.29 is 22.7 Å². The number of alkyl halides is 3. The minimum Gasteiger partial charge on any atom is -0.496 e. The Balaban J connectivity index is 1.27. The molecule has 0 bridgehead atoms. The maximum absolute atomic E-state index is 14.0. The van der Waals surface area contributed by atoms with Gasteiger partial charge in [-0.05, 0) is 60.8 Å². The van der Waals surface area contributed by atoms with Gasteiger partial charge in [-0.15, -0.1) is 0 Å². The van der Waals surface area contributed by atoms with Crippen LogP contribution in [0.15, 0.2) is 60.9 Å². The van der Waals surface area contributed by atoms with Crippen LogP contribution in [-0.4, -0.2) is 65.5 Å². The van der Waals surface area contributed by atoms with Gasteiger partial charge in [0, 0.05) is 61.9 Å². The molecule has 1 aliphatic rings. The molecule has 1 fully saturated rings. The molecule has 7 nitrogen and oxygen atoms in total. The van der Waals surface area contributed by atoms with E-state index < -0.39 is 17.6 Å². The lowest BCUT2D eigenvalue weighted by Crippen LogP contribution is -2.45. The van der Waals surface area contributed by atoms with Crippen molar-refractivity contribution in [2.75, 3.05) is 45.2 Å². The molecule has 0 atom stereocenters. The van der Waals surface area contributed by atoms with Crippen molar-refractivity contribution in [3.8, 4) is 5.75 Å². The Morgan fingerprint density at radius 3 is 2.54 bits per heavy atom. The molecule has 10 heteroatoms. The standard InChI is InChI=1S/C31H34F3N5O2/c1-3-38-13-15-39(16-14-38)20-24-10-9-22(18-27(24)31(32,33)34)30(40)37-25-6-4-5-21(17-25)7-8-23-19-36-29-26(11-12-35-29)28(23)41-2/h4-6,9-12,17-19H,3,7-8,13-16,20H2,1-2H3,(H,35,36)(H,37,40). The molecule has 3 heterocycles. The number of hydrogen-bond donors (Lipinski definition) is 2. The summed E-state index contributed by atoms with van der Waals surface area (Å²) in [6.45, 7) is 6.33. The molecule has 1 saturated heterocycles. The zero-order valence-corrected chi connectivity index (χ0v) is 23.2. The van der Waals surface area contributed by atoms with Crippen molar-refractivity contribution in [2.24, 2.45) is 0 Å². The molecular weight excluding hydrogens is 531 g/mol. The number of aromatic nitrogens is 2. The van der Waals surface area contributed by atoms with Crippen LogP contribution in [0.1, 0.15) is 39.5 Å². The summed E-state index contributed by atoms with van der Waals surface area (Å²) in [4.78, 5) is 24.8. The molecule has 216 valence electrons. The van der Waals surface area contributed by atoms with Gasteiger partial charge in [0.25, 0.3) is 5.91 Å². The molecular formula is C31H34F3N5O2. The lowest BCUT2D eigenvalue weighted by Gasteiger charge is -2.34. The second kappa shape index (κ2) is 12.3. The van der Waals surface area contributed by atoms with Gasteiger partial charge in [-0.25, -0.2) is 4.98 Å². The van der Waals surface area contributed by atoms with Gasteiger partial charge < -0.3 is 19.9 Å². The summed E-state index contributed by atoms with van der Waals surface area (Å²) >= 11 is 0. The zero-order chi connectivity index (χ0) is 29.0. The number of H-pyrrole nitrogens is 1. The zero-order valence-electron chi connectivity index (χ0n) is 23.2. The van der Waals surface area contributed by atoms with Gasteiger partial charge in [0.05, 0.1) is 18.1 Å². The molecule has 0 unspecified atom stereocenters. The Morgan fingerprint density at radius 2 is 1.80 bits per heavy atom. The lowest BCUT2D eigenvalue weighted by molar-refractivity contribution is -0.138. The second-order valence-electron chi connectivity index (χ2n) is 10.3. The van der Waals surface area contributed by atoms with Gasteiger partial charge in [-0.2, -0.15) is 13.2 Å². The number of aryl methyl sites for hydroxylation is 2. The topological polar surface area (TPSA) is 73.5 Å². The van der Waals surface area contributed by atoms with Gasteiger partial charge in [0.2, 0.25) is 0 Å². The summed E-state index contributed by atoms with van der Waals surface area (Å²) in [5.41, 5.74) is 2.59. The number of ether oxygens (including phenoxy) is 1. The summed E-state index contributed by atoms with van der Waals surface area (Å²) in [7, 11) is 1.63. The molecule has 41 heavy (non-hydrogen) atoms. The number of carbonyl (C=O) groups is 1. The van der Waals surface area contributed by atoms with Gasteiger partial charge in [-0.3, -0.25) is 9.69 Å². The van der Waals surface area contributed by atoms with Crippen molar-refractivity contribution in [2.45, 2.75) is 32.5 Å². The van der Waals surface area contributed by atoms with Crippen LogP contribution in [0.25, 0.3) is 11.0 Å². The van der Waals surface area contributed by atoms with Crippen molar-refractivity contribution in [1.29, 1.82) is 0 Å². The van der Waals surface area contributed by atoms with E-state index in [9.17, 15) is 18.0 Å². The fourth-order valence-corrected chi connectivity index (χ4v) is 5.35. The van der Waals surface area contributed by atoms with Crippen molar-refractivity contribution >= 4 is 22.6 Å². The molecule has 0 spiro atoms. The normalized spacial score (nSPS) is 14.9. The number of benzene rings is 2. The Labute approximate surface area is 237 Å². The highest BCUT2D eigenvalue weighted by Gasteiger charge is 2.34. The number of fused-ring (bicyclic) bond motifs is 1. The van der Waals surface area contributed by atoms with Gasteiger partial charge >= 0.3 is 6.18 Å². The minimum atomic E-state index is -4.56. The number of aromatic amines is 1. The first kappa shape index (κ1) is 28.6. The van der Waals surface area contributed by atoms with Gasteiger partial charge in [-0.1, -0.05) is 25.1 Å². The SMILES string of the molecule is CCN1CCN(Cc2ccc(C(=O)Nc3cccc(CCc4cnc5[nH]ccc5c4OC)c3)cc2C(F)(F)F)CC1. The summed E-state index contributed by atoms with van der Waals surface area (Å²) in [5.74, 6) is 0.187. The molecule has 5 rings (SSSR count). The van der Waals surface area contributed by atoms with E-state index in [4.69, 9.17) is 4.74 Å². The molecule has 4 aromatic rings. The van der Waals surface area contributed by atoms with Crippen molar-refractivity contribution in [3.05, 3.63) is 88.7 Å². The van der Waals surface area contributed by atoms with E-state index in [1.165, 1.54) is 12.1 Å². The quantitative estimate of drug-likeness (QED) is 0.270. The lowest BCUT2D eigenvalue weighted by atomic mass is 10.0. The first-order valence-corrected chi connectivity index (χ1v) is 13.8. The number of likely N-dealkylation sites (N-methyl/N-ethyl adjacent to an activating group) is 1. The fourth-order valence-electron chi connectivity index (χ4n) is 5.35. The van der Waals surface area contributed by atoms with Crippen LogP contribution in [0.2, 0.25) is 0 Å². The predicted molar refractivity (Wildman–Crippen MR) is 153 cm³/mol. The summed E-state index contributed by atoms with van der Waals surface area (Å²) < 4.78 is 47.7. The number of hydrogen-bond acceptors (Lipinski definition) is 5. The number of pyridine rings is 1. The van der Waals surface area contributed by atoms with E-state index in [-0.39, 0.29) is 17.7 Å². The number of rotatable bonds is 9. The first-order valence-electron chi connectivity index (χ1n) is 13.8. The number of amides is 1. The van der Waals surface area contributed by atoms with Crippen LogP contribution in [0, 0.1) is 0 Å². The fraction of sp³-hybridized carbons (Fsp3) is 0.355. The molecule has 0 saturated carbocycles. The third-order valence-corrected chi connectivity index (χ3v) is 7.67. The molecule has 0 radical (unpaired) electrons. The number of halogens is 3. The largest absolute Gasteiger partial charge is 0.496 e. The van der Waals surface area contributed by atoms with E-state index in [1.54, 1.807) is 19.4 Å². The van der Waals surface area contributed by atoms with E-state index >= 15 is 0 Å². The number of nitrogens with zero attached hydrogens (tertiary/aromatic N) is 3. The highest BCUT2D eigenvalue weighted by Crippen LogP contribution is 2.34. The molecule has 1 amide bonds. The molecule has 2 aromatic carbocycles. The van der Waals surface area contributed by atoms with Crippen molar-refractivity contribution in [3.63, 3.8) is 0 Å². The maximum Gasteiger partial charge on any atom is 0.416 e. The molecule has 2 aromatic heterocycles. The van der Waals surface area contributed by atoms with Crippen LogP contribution >= 0.6 is 0 Å². The molecule has 0 aliphatic carbocycles. The van der Waals surface area contributed by atoms with Gasteiger partial charge in [0.1, 0.15) is 11.4 Å². The third-order valence-electron chi connectivity index (χ3n) is 7.67. The van der Waals surface area contributed by atoms with Crippen LogP contribution < -0.4 is 10.1 Å². The Bertz CT molecular complexity index is 1510. The Kier molecular flexibility index (Phi) is 8.60. The minimum absolute atomic E-state index is 0.0297. The smallest absolute Gasteiger partial charge is 0.416 e. The van der Waals surface area contributed by atoms with Crippen LogP contribution in [0.4, 0.5) is 18.9 Å². The van der Waals surface area contributed by atoms with E-state index in [1.807, 2.05) is 35.4 Å². The number of anilines is 1. The number of nitrogens with one attached hydrogen (secondary N) is 2. The van der Waals surface area contributed by atoms with E-state index in [0.29, 0.717) is 31.6 Å². The van der Waals surface area contributed by atoms with Crippen LogP contribution in [0.5, 0.6) is 5.75 Å². The summed E-state index contributed by atoms with van der Waals surface area (Å²) in [6.07, 6.45) is 0.373. The highest BCUT2D eigenvalue weighted by molar-refractivity contribution is 6.04. The predicted octanol–water partition coefficient (Wildman–Crippen LogP) is 5.77. The van der Waals surface area contributed by atoms with Crippen molar-refractivity contribution in [1.82, 2.24) is 19.8 Å². The molecule has 2 N–H and O–H groups in total. The molecule has 1 aliphatic heterocycles. The number of methoxy groups -OCH3 is 1. The summed E-state index contributed by atoms with van der Waals surface area (Å²) in [5, 5.41) is 3.68. The average Bonchev–Trinajstić information content (AvgIpc) is 3.45. The number of piperazine rings is 1. The first-order chi connectivity index (χ1) is 19.7. The average molecular weight is 566 g/mol. The van der Waals surface area contributed by atoms with Crippen LogP contribution in [0.3, 0.4) is 0 Å². The maximum atomic E-state index is 14.0. The monoisotopic (exact) mass is 565 g/mol. The highest BCUT2D eigenvalue weighted by atomic mass is 19.4. The van der Waals surface area contributed by atoms with E-state index in [2.05, 4.69) is 27.1 Å².